The number of hydrogen-bond acceptors (Lipinski definition) is 4. The SMILES string of the molecule is CC(C)(OC(=O)C(F)(F)F)c1ccc(-c2cnnn2Cc2ccccc2)cc1. The second kappa shape index (κ2) is 7.46. The van der Waals surface area contributed by atoms with Gasteiger partial charge in [-0.2, -0.15) is 13.2 Å². The number of aromatic nitrogens is 3. The Labute approximate surface area is 159 Å². The highest BCUT2D eigenvalue weighted by molar-refractivity contribution is 5.76. The molecule has 0 atom stereocenters. The van der Waals surface area contributed by atoms with Crippen LogP contribution in [0.3, 0.4) is 0 Å². The van der Waals surface area contributed by atoms with E-state index in [1.165, 1.54) is 13.8 Å². The van der Waals surface area contributed by atoms with Crippen LogP contribution in [-0.4, -0.2) is 27.1 Å². The van der Waals surface area contributed by atoms with E-state index in [9.17, 15) is 18.0 Å². The monoisotopic (exact) mass is 389 g/mol. The fraction of sp³-hybridized carbons (Fsp3) is 0.250. The summed E-state index contributed by atoms with van der Waals surface area (Å²) in [5.41, 5.74) is 1.64. The van der Waals surface area contributed by atoms with Gasteiger partial charge in [-0.3, -0.25) is 0 Å². The summed E-state index contributed by atoms with van der Waals surface area (Å²) in [6.45, 7) is 3.35. The number of ether oxygens (including phenoxy) is 1. The van der Waals surface area contributed by atoms with E-state index in [1.54, 1.807) is 35.1 Å². The lowest BCUT2D eigenvalue weighted by Crippen LogP contribution is -2.34. The molecule has 0 spiro atoms. The quantitative estimate of drug-likeness (QED) is 0.610. The second-order valence-corrected chi connectivity index (χ2v) is 6.74. The number of hydrogen-bond donors (Lipinski definition) is 0. The number of halogens is 3. The Kier molecular flexibility index (Phi) is 5.22. The predicted octanol–water partition coefficient (Wildman–Crippen LogP) is 4.33. The number of rotatable bonds is 5. The summed E-state index contributed by atoms with van der Waals surface area (Å²) in [5.74, 6) is -2.22. The van der Waals surface area contributed by atoms with Crippen molar-refractivity contribution in [2.45, 2.75) is 32.2 Å². The summed E-state index contributed by atoms with van der Waals surface area (Å²) in [5, 5.41) is 8.05. The molecule has 28 heavy (non-hydrogen) atoms. The summed E-state index contributed by atoms with van der Waals surface area (Å²) in [7, 11) is 0. The van der Waals surface area contributed by atoms with E-state index in [2.05, 4.69) is 15.0 Å². The lowest BCUT2D eigenvalue weighted by atomic mass is 9.96. The predicted molar refractivity (Wildman–Crippen MR) is 96.2 cm³/mol. The molecule has 0 saturated heterocycles. The van der Waals surface area contributed by atoms with Crippen molar-refractivity contribution in [3.05, 3.63) is 71.9 Å². The summed E-state index contributed by atoms with van der Waals surface area (Å²) in [6, 6.07) is 16.5. The standard InChI is InChI=1S/C20H18F3N3O2/c1-19(2,28-18(27)20(21,22)23)16-10-8-15(9-11-16)17-12-24-25-26(17)13-14-6-4-3-5-7-14/h3-12H,13H2,1-2H3. The van der Waals surface area contributed by atoms with Crippen molar-refractivity contribution >= 4 is 5.97 Å². The van der Waals surface area contributed by atoms with Gasteiger partial charge in [0, 0.05) is 5.56 Å². The zero-order valence-electron chi connectivity index (χ0n) is 15.3. The van der Waals surface area contributed by atoms with Crippen LogP contribution in [0.2, 0.25) is 0 Å². The molecule has 0 unspecified atom stereocenters. The normalized spacial score (nSPS) is 12.0. The van der Waals surface area contributed by atoms with Crippen molar-refractivity contribution in [1.82, 2.24) is 15.0 Å². The van der Waals surface area contributed by atoms with Crippen LogP contribution in [0.5, 0.6) is 0 Å². The number of carbonyl (C=O) groups excluding carboxylic acids is 1. The summed E-state index contributed by atoms with van der Waals surface area (Å²) >= 11 is 0. The maximum atomic E-state index is 12.5. The fourth-order valence-electron chi connectivity index (χ4n) is 2.75. The smallest absolute Gasteiger partial charge is 0.448 e. The van der Waals surface area contributed by atoms with Crippen molar-refractivity contribution in [3.8, 4) is 11.3 Å². The number of esters is 1. The Morgan fingerprint density at radius 1 is 1.04 bits per heavy atom. The van der Waals surface area contributed by atoms with Crippen molar-refractivity contribution < 1.29 is 22.7 Å². The van der Waals surface area contributed by atoms with Crippen molar-refractivity contribution in [1.29, 1.82) is 0 Å². The molecule has 0 bridgehead atoms. The van der Waals surface area contributed by atoms with Crippen LogP contribution in [0.4, 0.5) is 13.2 Å². The topological polar surface area (TPSA) is 57.0 Å². The van der Waals surface area contributed by atoms with Gasteiger partial charge in [-0.1, -0.05) is 59.8 Å². The first-order valence-electron chi connectivity index (χ1n) is 8.50. The summed E-state index contributed by atoms with van der Waals surface area (Å²) in [4.78, 5) is 11.2. The maximum absolute atomic E-state index is 12.5. The fourth-order valence-corrected chi connectivity index (χ4v) is 2.75. The van der Waals surface area contributed by atoms with Crippen LogP contribution in [0.1, 0.15) is 25.0 Å². The average Bonchev–Trinajstić information content (AvgIpc) is 3.09. The molecule has 146 valence electrons. The molecule has 0 aliphatic rings. The van der Waals surface area contributed by atoms with Gasteiger partial charge in [0.2, 0.25) is 0 Å². The zero-order chi connectivity index (χ0) is 20.4. The van der Waals surface area contributed by atoms with Crippen molar-refractivity contribution in [2.75, 3.05) is 0 Å². The molecule has 0 aliphatic heterocycles. The van der Waals surface area contributed by atoms with Crippen LogP contribution in [0, 0.1) is 0 Å². The van der Waals surface area contributed by atoms with Gasteiger partial charge in [-0.15, -0.1) is 5.10 Å². The Morgan fingerprint density at radius 2 is 1.68 bits per heavy atom. The Morgan fingerprint density at radius 3 is 2.29 bits per heavy atom. The summed E-state index contributed by atoms with van der Waals surface area (Å²) in [6.07, 6.45) is -3.42. The van der Waals surface area contributed by atoms with Gasteiger partial charge in [-0.25, -0.2) is 9.48 Å². The average molecular weight is 389 g/mol. The third kappa shape index (κ3) is 4.39. The first-order chi connectivity index (χ1) is 13.2. The molecule has 1 aromatic heterocycles. The van der Waals surface area contributed by atoms with Crippen molar-refractivity contribution in [3.63, 3.8) is 0 Å². The third-order valence-electron chi connectivity index (χ3n) is 4.25. The molecule has 0 amide bonds. The Hall–Kier alpha value is -3.16. The molecule has 0 aliphatic carbocycles. The number of nitrogens with zero attached hydrogens (tertiary/aromatic N) is 3. The highest BCUT2D eigenvalue weighted by atomic mass is 19.4. The van der Waals surface area contributed by atoms with Crippen LogP contribution in [0.15, 0.2) is 60.8 Å². The molecule has 3 rings (SSSR count). The van der Waals surface area contributed by atoms with Gasteiger partial charge in [0.05, 0.1) is 18.4 Å². The molecular weight excluding hydrogens is 371 g/mol. The molecule has 0 saturated carbocycles. The molecular formula is C20H18F3N3O2. The minimum absolute atomic E-state index is 0.441. The van der Waals surface area contributed by atoms with E-state index in [0.29, 0.717) is 12.1 Å². The van der Waals surface area contributed by atoms with Gasteiger partial charge in [0.1, 0.15) is 5.60 Å². The van der Waals surface area contributed by atoms with Crippen LogP contribution in [0.25, 0.3) is 11.3 Å². The molecule has 8 heteroatoms. The Balaban J connectivity index is 1.80. The lowest BCUT2D eigenvalue weighted by molar-refractivity contribution is -0.212. The highest BCUT2D eigenvalue weighted by Gasteiger charge is 2.44. The van der Waals surface area contributed by atoms with Gasteiger partial charge < -0.3 is 4.74 Å². The number of benzene rings is 2. The van der Waals surface area contributed by atoms with Crippen LogP contribution < -0.4 is 0 Å². The molecule has 0 N–H and O–H groups in total. The van der Waals surface area contributed by atoms with Crippen molar-refractivity contribution in [2.24, 2.45) is 0 Å². The minimum atomic E-state index is -5.03. The van der Waals surface area contributed by atoms with Crippen LogP contribution >= 0.6 is 0 Å². The molecule has 0 fully saturated rings. The van der Waals surface area contributed by atoms with Gasteiger partial charge in [0.15, 0.2) is 0 Å². The number of carbonyl (C=O) groups is 1. The highest BCUT2D eigenvalue weighted by Crippen LogP contribution is 2.30. The van der Waals surface area contributed by atoms with E-state index in [4.69, 9.17) is 0 Å². The zero-order valence-corrected chi connectivity index (χ0v) is 15.3. The molecule has 0 radical (unpaired) electrons. The largest absolute Gasteiger partial charge is 0.490 e. The molecule has 1 heterocycles. The minimum Gasteiger partial charge on any atom is -0.448 e. The molecule has 3 aromatic rings. The second-order valence-electron chi connectivity index (χ2n) is 6.74. The van der Waals surface area contributed by atoms with Gasteiger partial charge in [0.25, 0.3) is 0 Å². The van der Waals surface area contributed by atoms with E-state index in [-0.39, 0.29) is 0 Å². The third-order valence-corrected chi connectivity index (χ3v) is 4.25. The van der Waals surface area contributed by atoms with E-state index < -0.39 is 17.7 Å². The van der Waals surface area contributed by atoms with E-state index in [1.807, 2.05) is 30.3 Å². The lowest BCUT2D eigenvalue weighted by Gasteiger charge is -2.26. The van der Waals surface area contributed by atoms with Gasteiger partial charge in [-0.05, 0) is 25.0 Å². The summed E-state index contributed by atoms with van der Waals surface area (Å²) < 4.78 is 43.8. The first kappa shape index (κ1) is 19.6. The van der Waals surface area contributed by atoms with E-state index in [0.717, 1.165) is 16.8 Å². The number of alkyl halides is 3. The first-order valence-corrected chi connectivity index (χ1v) is 8.50. The molecule has 5 nitrogen and oxygen atoms in total. The van der Waals surface area contributed by atoms with Gasteiger partial charge >= 0.3 is 12.1 Å². The van der Waals surface area contributed by atoms with E-state index >= 15 is 0 Å². The molecule has 2 aromatic carbocycles. The van der Waals surface area contributed by atoms with Crippen LogP contribution in [-0.2, 0) is 21.7 Å². The Bertz CT molecular complexity index is 949. The maximum Gasteiger partial charge on any atom is 0.490 e.